The van der Waals surface area contributed by atoms with Crippen molar-refractivity contribution in [3.8, 4) is 0 Å². The average molecular weight is 209 g/mol. The van der Waals surface area contributed by atoms with E-state index < -0.39 is 4.87 Å². The number of fused-ring (bicyclic) bond motifs is 1. The number of ketones is 2. The largest absolute Gasteiger partial charge is 0.297 e. The van der Waals surface area contributed by atoms with Crippen molar-refractivity contribution in [2.45, 2.75) is 18.2 Å². The van der Waals surface area contributed by atoms with Gasteiger partial charge < -0.3 is 0 Å². The maximum absolute atomic E-state index is 11.8. The minimum Gasteiger partial charge on any atom is -0.297 e. The van der Waals surface area contributed by atoms with Crippen LogP contribution in [0.3, 0.4) is 0 Å². The first kappa shape index (κ1) is 9.41. The van der Waals surface area contributed by atoms with E-state index in [2.05, 4.69) is 0 Å². The first-order valence-corrected chi connectivity index (χ1v) is 4.76. The van der Waals surface area contributed by atoms with Crippen LogP contribution in [0.25, 0.3) is 0 Å². The van der Waals surface area contributed by atoms with Gasteiger partial charge in [0.1, 0.15) is 0 Å². The van der Waals surface area contributed by atoms with Crippen LogP contribution in [0.15, 0.2) is 24.3 Å². The van der Waals surface area contributed by atoms with Crippen LogP contribution in [0.4, 0.5) is 0 Å². The molecule has 0 radical (unpaired) electrons. The summed E-state index contributed by atoms with van der Waals surface area (Å²) in [7, 11) is 0. The maximum atomic E-state index is 11.8. The van der Waals surface area contributed by atoms with Crippen LogP contribution in [0, 0.1) is 0 Å². The summed E-state index contributed by atoms with van der Waals surface area (Å²) in [5, 5.41) is 0. The topological polar surface area (TPSA) is 34.1 Å². The van der Waals surface area contributed by atoms with E-state index in [9.17, 15) is 9.59 Å². The summed E-state index contributed by atoms with van der Waals surface area (Å²) in [6.07, 6.45) is 0.318. The normalized spacial score (nSPS) is 24.9. The average Bonchev–Trinajstić information content (AvgIpc) is 2.42. The fourth-order valence-electron chi connectivity index (χ4n) is 1.74. The minimum absolute atomic E-state index is 0.262. The van der Waals surface area contributed by atoms with Gasteiger partial charge in [-0.1, -0.05) is 24.3 Å². The van der Waals surface area contributed by atoms with E-state index in [0.717, 1.165) is 5.56 Å². The molecule has 1 aliphatic carbocycles. The highest BCUT2D eigenvalue weighted by molar-refractivity contribution is 6.50. The summed E-state index contributed by atoms with van der Waals surface area (Å²) < 4.78 is 0. The van der Waals surface area contributed by atoms with Gasteiger partial charge in [-0.05, 0) is 12.5 Å². The Balaban J connectivity index is 2.54. The third-order valence-corrected chi connectivity index (χ3v) is 3.19. The smallest absolute Gasteiger partial charge is 0.191 e. The first-order valence-electron chi connectivity index (χ1n) is 4.38. The molecule has 0 N–H and O–H groups in total. The Morgan fingerprint density at radius 3 is 2.64 bits per heavy atom. The van der Waals surface area contributed by atoms with Crippen LogP contribution in [0.5, 0.6) is 0 Å². The number of Topliss-reactive ketones (excluding diaryl/α,β-unsaturated/α-hetero) is 2. The third-order valence-electron chi connectivity index (χ3n) is 2.61. The Bertz CT molecular complexity index is 425. The van der Waals surface area contributed by atoms with Gasteiger partial charge in [-0.25, -0.2) is 0 Å². The van der Waals surface area contributed by atoms with Crippen molar-refractivity contribution >= 4 is 23.2 Å². The maximum Gasteiger partial charge on any atom is 0.191 e. The molecule has 14 heavy (non-hydrogen) atoms. The summed E-state index contributed by atoms with van der Waals surface area (Å²) in [5.74, 6) is -0.539. The molecule has 0 saturated carbocycles. The zero-order valence-electron chi connectivity index (χ0n) is 7.71. The molecule has 0 aromatic heterocycles. The second-order valence-electron chi connectivity index (χ2n) is 3.52. The molecular formula is C11H9ClO2. The third kappa shape index (κ3) is 1.11. The van der Waals surface area contributed by atoms with E-state index in [4.69, 9.17) is 11.6 Å². The molecule has 1 aliphatic rings. The van der Waals surface area contributed by atoms with Gasteiger partial charge in [0.05, 0.1) is 0 Å². The van der Waals surface area contributed by atoms with E-state index in [-0.39, 0.29) is 11.6 Å². The lowest BCUT2D eigenvalue weighted by Gasteiger charge is -2.13. The second-order valence-corrected chi connectivity index (χ2v) is 4.17. The zero-order chi connectivity index (χ0) is 10.3. The highest BCUT2D eigenvalue weighted by atomic mass is 35.5. The molecule has 2 nitrogen and oxygen atoms in total. The Labute approximate surface area is 86.9 Å². The van der Waals surface area contributed by atoms with Gasteiger partial charge in [-0.3, -0.25) is 9.59 Å². The SMILES string of the molecule is CC(=O)C1(Cl)Cc2ccccc2C1=O. The molecule has 3 heteroatoms. The predicted octanol–water partition coefficient (Wildman–Crippen LogP) is 1.99. The Kier molecular flexibility index (Phi) is 1.96. The second kappa shape index (κ2) is 2.92. The quantitative estimate of drug-likeness (QED) is 0.523. The van der Waals surface area contributed by atoms with Crippen molar-refractivity contribution in [2.24, 2.45) is 0 Å². The molecule has 1 aromatic carbocycles. The van der Waals surface area contributed by atoms with Crippen LogP contribution < -0.4 is 0 Å². The lowest BCUT2D eigenvalue weighted by molar-refractivity contribution is -0.118. The van der Waals surface area contributed by atoms with Gasteiger partial charge in [-0.2, -0.15) is 0 Å². The van der Waals surface area contributed by atoms with Crippen molar-refractivity contribution < 1.29 is 9.59 Å². The van der Waals surface area contributed by atoms with Crippen LogP contribution in [0.2, 0.25) is 0 Å². The minimum atomic E-state index is -1.34. The van der Waals surface area contributed by atoms with E-state index in [1.165, 1.54) is 6.92 Å². The van der Waals surface area contributed by atoms with Gasteiger partial charge in [0.25, 0.3) is 0 Å². The number of carbonyl (C=O) groups excluding carboxylic acids is 2. The molecule has 0 heterocycles. The van der Waals surface area contributed by atoms with Gasteiger partial charge in [0, 0.05) is 12.0 Å². The van der Waals surface area contributed by atoms with E-state index in [1.54, 1.807) is 12.1 Å². The molecule has 72 valence electrons. The lowest BCUT2D eigenvalue weighted by atomic mass is 10.00. The monoisotopic (exact) mass is 208 g/mol. The molecule has 1 atom stereocenters. The molecule has 0 saturated heterocycles. The fourth-order valence-corrected chi connectivity index (χ4v) is 1.98. The van der Waals surface area contributed by atoms with E-state index in [0.29, 0.717) is 12.0 Å². The molecule has 0 amide bonds. The van der Waals surface area contributed by atoms with Crippen LogP contribution in [0.1, 0.15) is 22.8 Å². The number of alkyl halides is 1. The van der Waals surface area contributed by atoms with Crippen LogP contribution in [-0.2, 0) is 11.2 Å². The molecule has 0 bridgehead atoms. The Morgan fingerprint density at radius 1 is 1.43 bits per heavy atom. The Hall–Kier alpha value is -1.15. The lowest BCUT2D eigenvalue weighted by Crippen LogP contribution is -2.37. The molecule has 2 rings (SSSR count). The molecule has 0 aliphatic heterocycles. The summed E-state index contributed by atoms with van der Waals surface area (Å²) in [4.78, 5) is 21.8. The van der Waals surface area contributed by atoms with Crippen LogP contribution >= 0.6 is 11.6 Å². The van der Waals surface area contributed by atoms with Crippen molar-refractivity contribution in [1.82, 2.24) is 0 Å². The summed E-state index contributed by atoms with van der Waals surface area (Å²) >= 11 is 6.02. The van der Waals surface area contributed by atoms with Gasteiger partial charge in [0.15, 0.2) is 16.4 Å². The fraction of sp³-hybridized carbons (Fsp3) is 0.273. The van der Waals surface area contributed by atoms with Gasteiger partial charge in [-0.15, -0.1) is 11.6 Å². The number of hydrogen-bond donors (Lipinski definition) is 0. The summed E-state index contributed by atoms with van der Waals surface area (Å²) in [6, 6.07) is 7.17. The molecule has 0 spiro atoms. The molecule has 1 unspecified atom stereocenters. The van der Waals surface area contributed by atoms with E-state index in [1.807, 2.05) is 12.1 Å². The molecular weight excluding hydrogens is 200 g/mol. The first-order chi connectivity index (χ1) is 6.55. The molecule has 0 fully saturated rings. The Morgan fingerprint density at radius 2 is 2.07 bits per heavy atom. The number of hydrogen-bond acceptors (Lipinski definition) is 2. The van der Waals surface area contributed by atoms with Crippen molar-refractivity contribution in [3.05, 3.63) is 35.4 Å². The number of benzene rings is 1. The van der Waals surface area contributed by atoms with Crippen LogP contribution in [-0.4, -0.2) is 16.4 Å². The van der Waals surface area contributed by atoms with Crippen molar-refractivity contribution in [2.75, 3.05) is 0 Å². The summed E-state index contributed by atoms with van der Waals surface area (Å²) in [5.41, 5.74) is 1.44. The summed E-state index contributed by atoms with van der Waals surface area (Å²) in [6.45, 7) is 1.36. The van der Waals surface area contributed by atoms with Crippen molar-refractivity contribution in [1.29, 1.82) is 0 Å². The van der Waals surface area contributed by atoms with Gasteiger partial charge in [0.2, 0.25) is 0 Å². The highest BCUT2D eigenvalue weighted by Crippen LogP contribution is 2.35. The standard InChI is InChI=1S/C11H9ClO2/c1-7(13)11(12)6-8-4-2-3-5-9(8)10(11)14/h2-5H,6H2,1H3. The van der Waals surface area contributed by atoms with Gasteiger partial charge >= 0.3 is 0 Å². The number of halogens is 1. The van der Waals surface area contributed by atoms with Crippen molar-refractivity contribution in [3.63, 3.8) is 0 Å². The molecule has 1 aromatic rings. The highest BCUT2D eigenvalue weighted by Gasteiger charge is 2.47. The zero-order valence-corrected chi connectivity index (χ0v) is 8.47. The number of carbonyl (C=O) groups is 2. The predicted molar refractivity (Wildman–Crippen MR) is 53.7 cm³/mol. The van der Waals surface area contributed by atoms with E-state index >= 15 is 0 Å². The number of rotatable bonds is 1.